The van der Waals surface area contributed by atoms with E-state index in [-0.39, 0.29) is 11.6 Å². The lowest BCUT2D eigenvalue weighted by molar-refractivity contribution is 0.824. The maximum Gasteiger partial charge on any atom is -0.0167 e. The monoisotopic (exact) mass is 80.1 g/mol. The first-order valence-corrected chi connectivity index (χ1v) is 1.00. The smallest absolute Gasteiger partial charge is 0.0167 e. The van der Waals surface area contributed by atoms with Crippen molar-refractivity contribution >= 4 is 0 Å². The maximum absolute atomic E-state index is 2.75. The predicted octanol–water partition coefficient (Wildman–Crippen LogP) is -0.827. The van der Waals surface area contributed by atoms with E-state index < -0.39 is 0 Å². The van der Waals surface area contributed by atoms with E-state index in [0.717, 1.165) is 0 Å². The van der Waals surface area contributed by atoms with Gasteiger partial charge < -0.3 is 16.9 Å². The van der Waals surface area contributed by atoms with Gasteiger partial charge in [-0.1, -0.05) is 0 Å². The van der Waals surface area contributed by atoms with Gasteiger partial charge in [-0.2, -0.15) is 0 Å². The van der Waals surface area contributed by atoms with Crippen molar-refractivity contribution in [2.75, 3.05) is 14.1 Å². The van der Waals surface area contributed by atoms with Crippen molar-refractivity contribution < 1.29 is 5.48 Å². The summed E-state index contributed by atoms with van der Waals surface area (Å²) in [7, 11) is 3.75. The van der Waals surface area contributed by atoms with Crippen LogP contribution in [0.15, 0.2) is 0 Å². The first kappa shape index (κ1) is 20.8. The molecule has 0 aromatic rings. The molecule has 6 N–H and O–H groups in total. The Labute approximate surface area is 32.3 Å². The van der Waals surface area contributed by atoms with E-state index in [9.17, 15) is 0 Å². The summed E-state index contributed by atoms with van der Waals surface area (Å²) in [6.45, 7) is 0. The lowest BCUT2D eigenvalue weighted by Crippen LogP contribution is -1.89. The van der Waals surface area contributed by atoms with Crippen molar-refractivity contribution in [3.05, 3.63) is 0 Å². The molecule has 0 amide bonds. The average molecular weight is 80.1 g/mol. The minimum atomic E-state index is 0. The number of hydrogen-bond donors (Lipinski definition) is 2. The van der Waals surface area contributed by atoms with Crippen LogP contribution in [0.5, 0.6) is 0 Å². The number of hydrogen-bond acceptors (Lipinski definition) is 2. The molecule has 0 aliphatic carbocycles. The summed E-state index contributed by atoms with van der Waals surface area (Å²) in [6.07, 6.45) is 0. The van der Waals surface area contributed by atoms with Crippen molar-refractivity contribution in [1.82, 2.24) is 11.5 Å². The molecule has 0 aromatic heterocycles. The van der Waals surface area contributed by atoms with Gasteiger partial charge in [-0.15, -0.1) is 0 Å². The SMILES string of the molecule is CNC.N.O. The molecule has 0 heterocycles. The second-order valence-corrected chi connectivity index (χ2v) is 0.500. The van der Waals surface area contributed by atoms with Gasteiger partial charge in [0.1, 0.15) is 0 Å². The highest BCUT2D eigenvalue weighted by molar-refractivity contribution is 3.91. The van der Waals surface area contributed by atoms with Gasteiger partial charge in [0, 0.05) is 0 Å². The quantitative estimate of drug-likeness (QED) is 0.398. The standard InChI is InChI=1S/C2H7N.H3N.H2O/c1-3-2;;/h3H,1-2H3;1H3;1H2. The predicted molar refractivity (Wildman–Crippen MR) is 23.6 cm³/mol. The van der Waals surface area contributed by atoms with Gasteiger partial charge in [0.05, 0.1) is 0 Å². The van der Waals surface area contributed by atoms with Crippen LogP contribution in [0.25, 0.3) is 0 Å². The molecular weight excluding hydrogens is 68.0 g/mol. The lowest BCUT2D eigenvalue weighted by atomic mass is 11.3. The first-order valence-electron chi connectivity index (χ1n) is 1.00. The minimum Gasteiger partial charge on any atom is -0.412 e. The minimum absolute atomic E-state index is 0. The Balaban J connectivity index is -0.0000000200. The molecule has 0 saturated carbocycles. The molecule has 0 aromatic carbocycles. The van der Waals surface area contributed by atoms with Crippen molar-refractivity contribution in [2.24, 2.45) is 0 Å². The molecular formula is C2H12N2O. The van der Waals surface area contributed by atoms with Crippen molar-refractivity contribution in [3.8, 4) is 0 Å². The molecule has 0 unspecified atom stereocenters. The molecule has 0 saturated heterocycles. The topological polar surface area (TPSA) is 78.5 Å². The summed E-state index contributed by atoms with van der Waals surface area (Å²) < 4.78 is 0. The third-order valence-electron chi connectivity index (χ3n) is 0. The van der Waals surface area contributed by atoms with Crippen molar-refractivity contribution in [3.63, 3.8) is 0 Å². The zero-order valence-electron chi connectivity index (χ0n) is 3.71. The molecule has 0 fully saturated rings. The first-order chi connectivity index (χ1) is 1.41. The van der Waals surface area contributed by atoms with Crippen LogP contribution in [-0.4, -0.2) is 19.6 Å². The molecule has 5 heavy (non-hydrogen) atoms. The molecule has 0 spiro atoms. The van der Waals surface area contributed by atoms with E-state index in [1.807, 2.05) is 14.1 Å². The normalized spacial score (nSPS) is 3.60. The molecule has 3 nitrogen and oxygen atoms in total. The van der Waals surface area contributed by atoms with Crippen LogP contribution in [0, 0.1) is 0 Å². The Kier molecular flexibility index (Phi) is 173. The zero-order chi connectivity index (χ0) is 2.71. The van der Waals surface area contributed by atoms with Crippen LogP contribution >= 0.6 is 0 Å². The highest BCUT2D eigenvalue weighted by atomic mass is 16.0. The van der Waals surface area contributed by atoms with Gasteiger partial charge in [0.15, 0.2) is 0 Å². The van der Waals surface area contributed by atoms with Crippen molar-refractivity contribution in [2.45, 2.75) is 0 Å². The van der Waals surface area contributed by atoms with E-state index in [1.54, 1.807) is 0 Å². The van der Waals surface area contributed by atoms with E-state index >= 15 is 0 Å². The highest BCUT2D eigenvalue weighted by Crippen LogP contribution is 0.981. The molecule has 0 radical (unpaired) electrons. The maximum atomic E-state index is 2.75. The Bertz CT molecular complexity index is 7.61. The Morgan fingerprint density at radius 2 is 1.20 bits per heavy atom. The van der Waals surface area contributed by atoms with E-state index in [2.05, 4.69) is 5.32 Å². The second-order valence-electron chi connectivity index (χ2n) is 0.500. The largest absolute Gasteiger partial charge is 0.412 e. The van der Waals surface area contributed by atoms with E-state index in [0.29, 0.717) is 0 Å². The molecule has 0 aliphatic heterocycles. The number of rotatable bonds is 0. The zero-order valence-corrected chi connectivity index (χ0v) is 3.71. The summed E-state index contributed by atoms with van der Waals surface area (Å²) in [6, 6.07) is 0. The summed E-state index contributed by atoms with van der Waals surface area (Å²) in [5.74, 6) is 0. The summed E-state index contributed by atoms with van der Waals surface area (Å²) in [4.78, 5) is 0. The lowest BCUT2D eigenvalue weighted by Gasteiger charge is -1.59. The van der Waals surface area contributed by atoms with E-state index in [4.69, 9.17) is 0 Å². The Hall–Kier alpha value is -0.120. The van der Waals surface area contributed by atoms with Gasteiger partial charge in [0.2, 0.25) is 0 Å². The summed E-state index contributed by atoms with van der Waals surface area (Å²) in [5, 5.41) is 2.75. The Morgan fingerprint density at radius 3 is 1.20 bits per heavy atom. The highest BCUT2D eigenvalue weighted by Gasteiger charge is 1.25. The average Bonchev–Trinajstić information content (AvgIpc) is 0.918. The van der Waals surface area contributed by atoms with Crippen LogP contribution < -0.4 is 11.5 Å². The van der Waals surface area contributed by atoms with Gasteiger partial charge >= 0.3 is 0 Å². The fraction of sp³-hybridized carbons (Fsp3) is 1.00. The third-order valence-corrected chi connectivity index (χ3v) is 0. The van der Waals surface area contributed by atoms with E-state index in [1.165, 1.54) is 0 Å². The van der Waals surface area contributed by atoms with Crippen LogP contribution in [0.4, 0.5) is 0 Å². The summed E-state index contributed by atoms with van der Waals surface area (Å²) >= 11 is 0. The van der Waals surface area contributed by atoms with Crippen LogP contribution in [0.1, 0.15) is 0 Å². The van der Waals surface area contributed by atoms with Crippen LogP contribution in [-0.2, 0) is 0 Å². The molecule has 0 rings (SSSR count). The van der Waals surface area contributed by atoms with Crippen molar-refractivity contribution in [1.29, 1.82) is 0 Å². The molecule has 0 atom stereocenters. The van der Waals surface area contributed by atoms with Crippen LogP contribution in [0.2, 0.25) is 0 Å². The molecule has 0 aliphatic rings. The Morgan fingerprint density at radius 1 is 1.20 bits per heavy atom. The molecule has 3 heteroatoms. The van der Waals surface area contributed by atoms with Gasteiger partial charge in [-0.05, 0) is 14.1 Å². The molecule has 0 bridgehead atoms. The third kappa shape index (κ3) is 952. The van der Waals surface area contributed by atoms with Crippen LogP contribution in [0.3, 0.4) is 0 Å². The van der Waals surface area contributed by atoms with Gasteiger partial charge in [-0.3, -0.25) is 0 Å². The number of nitrogens with one attached hydrogen (secondary N) is 1. The second kappa shape index (κ2) is 41.6. The van der Waals surface area contributed by atoms with Gasteiger partial charge in [-0.25, -0.2) is 0 Å². The fourth-order valence-electron chi connectivity index (χ4n) is 0. The van der Waals surface area contributed by atoms with Gasteiger partial charge in [0.25, 0.3) is 0 Å². The molecule has 36 valence electrons. The summed E-state index contributed by atoms with van der Waals surface area (Å²) in [5.41, 5.74) is 0. The fourth-order valence-corrected chi connectivity index (χ4v) is 0.